The third-order valence-corrected chi connectivity index (χ3v) is 4.27. The van der Waals surface area contributed by atoms with Gasteiger partial charge in [-0.3, -0.25) is 0 Å². The van der Waals surface area contributed by atoms with Gasteiger partial charge in [0.2, 0.25) is 0 Å². The van der Waals surface area contributed by atoms with Crippen molar-refractivity contribution >= 4 is 0 Å². The molecule has 1 N–H and O–H groups in total. The van der Waals surface area contributed by atoms with E-state index in [1.165, 1.54) is 45.3 Å². The molecule has 3 heteroatoms. The van der Waals surface area contributed by atoms with E-state index in [-0.39, 0.29) is 0 Å². The van der Waals surface area contributed by atoms with Crippen LogP contribution in [0, 0.1) is 11.3 Å². The fourth-order valence-corrected chi connectivity index (χ4v) is 2.89. The highest BCUT2D eigenvalue weighted by atomic mass is 16.5. The summed E-state index contributed by atoms with van der Waals surface area (Å²) < 4.78 is 5.44. The van der Waals surface area contributed by atoms with Crippen molar-refractivity contribution in [2.75, 3.05) is 39.5 Å². The van der Waals surface area contributed by atoms with Crippen molar-refractivity contribution in [3.8, 4) is 0 Å². The highest BCUT2D eigenvalue weighted by Gasteiger charge is 2.30. The Balaban J connectivity index is 1.77. The lowest BCUT2D eigenvalue weighted by Gasteiger charge is -2.40. The number of aliphatic hydroxyl groups is 1. The van der Waals surface area contributed by atoms with Crippen molar-refractivity contribution in [1.29, 1.82) is 0 Å². The van der Waals surface area contributed by atoms with Gasteiger partial charge in [0.25, 0.3) is 0 Å². The van der Waals surface area contributed by atoms with Gasteiger partial charge in [0, 0.05) is 26.4 Å². The maximum atomic E-state index is 9.11. The molecule has 16 heavy (non-hydrogen) atoms. The molecule has 0 aromatic carbocycles. The topological polar surface area (TPSA) is 32.7 Å². The van der Waals surface area contributed by atoms with Gasteiger partial charge < -0.3 is 14.7 Å². The fraction of sp³-hybridized carbons (Fsp3) is 1.00. The van der Waals surface area contributed by atoms with Crippen molar-refractivity contribution in [3.63, 3.8) is 0 Å². The molecule has 0 aromatic rings. The van der Waals surface area contributed by atoms with E-state index in [1.54, 1.807) is 0 Å². The average molecular weight is 227 g/mol. The maximum absolute atomic E-state index is 9.11. The van der Waals surface area contributed by atoms with Gasteiger partial charge in [-0.1, -0.05) is 6.92 Å². The molecule has 94 valence electrons. The second-order valence-corrected chi connectivity index (χ2v) is 5.83. The Hall–Kier alpha value is -0.120. The van der Waals surface area contributed by atoms with Crippen molar-refractivity contribution in [2.45, 2.75) is 32.6 Å². The molecule has 0 spiro atoms. The molecular weight excluding hydrogens is 202 g/mol. The smallest absolute Gasteiger partial charge is 0.0471 e. The molecule has 2 aliphatic heterocycles. The molecule has 0 amide bonds. The minimum Gasteiger partial charge on any atom is -0.396 e. The second-order valence-electron chi connectivity index (χ2n) is 5.83. The normalized spacial score (nSPS) is 28.1. The minimum absolute atomic E-state index is 0.374. The predicted molar refractivity (Wildman–Crippen MR) is 64.4 cm³/mol. The van der Waals surface area contributed by atoms with Crippen molar-refractivity contribution in [1.82, 2.24) is 4.90 Å². The highest BCUT2D eigenvalue weighted by molar-refractivity contribution is 4.83. The predicted octanol–water partition coefficient (Wildman–Crippen LogP) is 1.51. The molecule has 0 radical (unpaired) electrons. The van der Waals surface area contributed by atoms with E-state index in [0.717, 1.165) is 13.2 Å². The number of nitrogens with zero attached hydrogens (tertiary/aromatic N) is 1. The van der Waals surface area contributed by atoms with Crippen molar-refractivity contribution in [2.24, 2.45) is 11.3 Å². The summed E-state index contributed by atoms with van der Waals surface area (Å²) >= 11 is 0. The first-order chi connectivity index (χ1) is 7.72. The Morgan fingerprint density at radius 2 is 1.88 bits per heavy atom. The van der Waals surface area contributed by atoms with Crippen LogP contribution in [0.1, 0.15) is 32.6 Å². The van der Waals surface area contributed by atoms with Crippen molar-refractivity contribution < 1.29 is 9.84 Å². The molecule has 0 atom stereocenters. The number of hydrogen-bond acceptors (Lipinski definition) is 3. The number of hydrogen-bond donors (Lipinski definition) is 1. The first kappa shape index (κ1) is 12.3. The first-order valence-corrected chi connectivity index (χ1v) is 6.63. The largest absolute Gasteiger partial charge is 0.396 e. The lowest BCUT2D eigenvalue weighted by atomic mass is 9.81. The van der Waals surface area contributed by atoms with E-state index in [4.69, 9.17) is 9.84 Å². The van der Waals surface area contributed by atoms with Crippen LogP contribution in [0.2, 0.25) is 0 Å². The highest BCUT2D eigenvalue weighted by Crippen LogP contribution is 2.32. The molecule has 2 aliphatic rings. The zero-order chi connectivity index (χ0) is 11.4. The number of aliphatic hydroxyl groups excluding tert-OH is 1. The Morgan fingerprint density at radius 3 is 2.44 bits per heavy atom. The van der Waals surface area contributed by atoms with E-state index < -0.39 is 0 Å². The molecule has 0 aliphatic carbocycles. The molecule has 0 saturated carbocycles. The summed E-state index contributed by atoms with van der Waals surface area (Å²) in [5.74, 6) is 0.554. The minimum atomic E-state index is 0.374. The van der Waals surface area contributed by atoms with E-state index in [0.29, 0.717) is 17.9 Å². The molecule has 0 aromatic heterocycles. The Bertz CT molecular complexity index is 206. The van der Waals surface area contributed by atoms with Crippen LogP contribution in [0.5, 0.6) is 0 Å². The summed E-state index contributed by atoms with van der Waals surface area (Å²) in [4.78, 5) is 2.58. The van der Waals surface area contributed by atoms with Gasteiger partial charge in [-0.2, -0.15) is 0 Å². The summed E-state index contributed by atoms with van der Waals surface area (Å²) in [6.07, 6.45) is 4.74. The number of ether oxygens (including phenoxy) is 1. The first-order valence-electron chi connectivity index (χ1n) is 6.63. The molecule has 2 rings (SSSR count). The molecule has 2 heterocycles. The summed E-state index contributed by atoms with van der Waals surface area (Å²) in [7, 11) is 0. The summed E-state index contributed by atoms with van der Waals surface area (Å²) in [5, 5.41) is 9.11. The Labute approximate surface area is 98.8 Å². The standard InChI is InChI=1S/C13H25NO2/c1-13(4-8-16-9-5-13)11-14-6-2-12(10-15)3-7-14/h12,15H,2-11H2,1H3. The maximum Gasteiger partial charge on any atom is 0.0471 e. The lowest BCUT2D eigenvalue weighted by Crippen LogP contribution is -2.43. The van der Waals surface area contributed by atoms with Gasteiger partial charge in [0.15, 0.2) is 0 Å². The van der Waals surface area contributed by atoms with Gasteiger partial charge in [-0.05, 0) is 50.1 Å². The number of rotatable bonds is 3. The van der Waals surface area contributed by atoms with Crippen LogP contribution in [0.25, 0.3) is 0 Å². The summed E-state index contributed by atoms with van der Waals surface area (Å²) in [5.41, 5.74) is 0.463. The third-order valence-electron chi connectivity index (χ3n) is 4.27. The van der Waals surface area contributed by atoms with Gasteiger partial charge in [0.1, 0.15) is 0 Å². The van der Waals surface area contributed by atoms with Gasteiger partial charge >= 0.3 is 0 Å². The van der Waals surface area contributed by atoms with E-state index >= 15 is 0 Å². The zero-order valence-electron chi connectivity index (χ0n) is 10.5. The van der Waals surface area contributed by atoms with Crippen LogP contribution in [-0.2, 0) is 4.74 Å². The van der Waals surface area contributed by atoms with Crippen molar-refractivity contribution in [3.05, 3.63) is 0 Å². The Morgan fingerprint density at radius 1 is 1.25 bits per heavy atom. The average Bonchev–Trinajstić information content (AvgIpc) is 2.30. The third kappa shape index (κ3) is 3.19. The quantitative estimate of drug-likeness (QED) is 0.793. The molecule has 2 fully saturated rings. The van der Waals surface area contributed by atoms with E-state index in [1.807, 2.05) is 0 Å². The number of likely N-dealkylation sites (tertiary alicyclic amines) is 1. The lowest BCUT2D eigenvalue weighted by molar-refractivity contribution is -0.00217. The van der Waals surface area contributed by atoms with E-state index in [2.05, 4.69) is 11.8 Å². The Kier molecular flexibility index (Phi) is 4.22. The van der Waals surface area contributed by atoms with Gasteiger partial charge in [0.05, 0.1) is 0 Å². The second kappa shape index (κ2) is 5.48. The molecule has 0 bridgehead atoms. The van der Waals surface area contributed by atoms with Gasteiger partial charge in [-0.25, -0.2) is 0 Å². The zero-order valence-corrected chi connectivity index (χ0v) is 10.5. The van der Waals surface area contributed by atoms with Crippen LogP contribution in [0.3, 0.4) is 0 Å². The van der Waals surface area contributed by atoms with Crippen LogP contribution in [0.15, 0.2) is 0 Å². The molecule has 3 nitrogen and oxygen atoms in total. The van der Waals surface area contributed by atoms with Crippen LogP contribution >= 0.6 is 0 Å². The molecular formula is C13H25NO2. The molecule has 2 saturated heterocycles. The summed E-state index contributed by atoms with van der Waals surface area (Å²) in [6, 6.07) is 0. The monoisotopic (exact) mass is 227 g/mol. The van der Waals surface area contributed by atoms with Crippen LogP contribution in [-0.4, -0.2) is 49.5 Å². The number of piperidine rings is 1. The van der Waals surface area contributed by atoms with Crippen LogP contribution in [0.4, 0.5) is 0 Å². The summed E-state index contributed by atoms with van der Waals surface area (Å²) in [6.45, 7) is 8.19. The van der Waals surface area contributed by atoms with Crippen LogP contribution < -0.4 is 0 Å². The SMILES string of the molecule is CC1(CN2CCC(CO)CC2)CCOCC1. The van der Waals surface area contributed by atoms with E-state index in [9.17, 15) is 0 Å². The van der Waals surface area contributed by atoms with Gasteiger partial charge in [-0.15, -0.1) is 0 Å². The molecule has 0 unspecified atom stereocenters. The fourth-order valence-electron chi connectivity index (χ4n) is 2.89.